The van der Waals surface area contributed by atoms with Gasteiger partial charge in [-0.25, -0.2) is 0 Å². The van der Waals surface area contributed by atoms with E-state index in [1.165, 1.54) is 4.80 Å². The summed E-state index contributed by atoms with van der Waals surface area (Å²) in [6.07, 6.45) is 0. The predicted molar refractivity (Wildman–Crippen MR) is 65.6 cm³/mol. The van der Waals surface area contributed by atoms with Crippen LogP contribution in [0.15, 0.2) is 22.7 Å². The smallest absolute Gasteiger partial charge is 0.270 e. The Morgan fingerprint density at radius 2 is 2.18 bits per heavy atom. The first-order chi connectivity index (χ1) is 8.04. The minimum Gasteiger partial charge on any atom is -0.288 e. The van der Waals surface area contributed by atoms with Gasteiger partial charge in [0.05, 0.1) is 7.05 Å². The van der Waals surface area contributed by atoms with Crippen LogP contribution in [0.5, 0.6) is 0 Å². The molecule has 0 bridgehead atoms. The lowest BCUT2D eigenvalue weighted by molar-refractivity contribution is 0.102. The summed E-state index contributed by atoms with van der Waals surface area (Å²) in [5.74, 6) is -0.0717. The van der Waals surface area contributed by atoms with Crippen molar-refractivity contribution in [2.45, 2.75) is 6.92 Å². The highest BCUT2D eigenvalue weighted by Crippen LogP contribution is 2.15. The molecule has 0 aliphatic carbocycles. The maximum atomic E-state index is 11.9. The van der Waals surface area contributed by atoms with Crippen molar-refractivity contribution >= 4 is 27.8 Å². The van der Waals surface area contributed by atoms with Crippen molar-refractivity contribution in [1.82, 2.24) is 20.2 Å². The lowest BCUT2D eigenvalue weighted by Crippen LogP contribution is -2.13. The molecular weight excluding hydrogens is 286 g/mol. The van der Waals surface area contributed by atoms with Gasteiger partial charge in [-0.3, -0.25) is 10.1 Å². The number of amides is 1. The van der Waals surface area contributed by atoms with Gasteiger partial charge in [0.1, 0.15) is 0 Å². The molecule has 0 radical (unpaired) electrons. The molecule has 88 valence electrons. The van der Waals surface area contributed by atoms with E-state index >= 15 is 0 Å². The molecule has 1 N–H and O–H groups in total. The first-order valence-electron chi connectivity index (χ1n) is 4.87. The fourth-order valence-corrected chi connectivity index (χ4v) is 1.98. The molecule has 0 unspecified atom stereocenters. The minimum absolute atomic E-state index is 0.190. The fourth-order valence-electron chi connectivity index (χ4n) is 1.38. The SMILES string of the molecule is Cc1cc(Br)cc(C(=O)Nc2nnn(C)n2)c1. The Morgan fingerprint density at radius 1 is 1.41 bits per heavy atom. The number of hydrogen-bond acceptors (Lipinski definition) is 4. The molecule has 1 amide bonds. The highest BCUT2D eigenvalue weighted by Gasteiger charge is 2.10. The van der Waals surface area contributed by atoms with E-state index in [-0.39, 0.29) is 11.9 Å². The summed E-state index contributed by atoms with van der Waals surface area (Å²) in [4.78, 5) is 13.2. The van der Waals surface area contributed by atoms with Crippen molar-refractivity contribution in [1.29, 1.82) is 0 Å². The minimum atomic E-state index is -0.262. The molecule has 0 saturated carbocycles. The molecule has 0 saturated heterocycles. The van der Waals surface area contributed by atoms with Gasteiger partial charge in [0.15, 0.2) is 0 Å². The second-order valence-electron chi connectivity index (χ2n) is 3.57. The van der Waals surface area contributed by atoms with Crippen molar-refractivity contribution in [3.05, 3.63) is 33.8 Å². The highest BCUT2D eigenvalue weighted by atomic mass is 79.9. The van der Waals surface area contributed by atoms with Crippen LogP contribution in [0, 0.1) is 6.92 Å². The van der Waals surface area contributed by atoms with Crippen LogP contribution in [-0.2, 0) is 7.05 Å². The Morgan fingerprint density at radius 3 is 2.76 bits per heavy atom. The van der Waals surface area contributed by atoms with Gasteiger partial charge in [-0.15, -0.1) is 5.10 Å². The van der Waals surface area contributed by atoms with Crippen LogP contribution in [0.4, 0.5) is 5.95 Å². The monoisotopic (exact) mass is 295 g/mol. The van der Waals surface area contributed by atoms with E-state index in [0.717, 1.165) is 10.0 Å². The molecule has 0 aliphatic heterocycles. The predicted octanol–water partition coefficient (Wildman–Crippen LogP) is 1.53. The van der Waals surface area contributed by atoms with E-state index in [1.54, 1.807) is 19.2 Å². The number of nitrogens with zero attached hydrogens (tertiary/aromatic N) is 4. The number of aryl methyl sites for hydroxylation is 2. The van der Waals surface area contributed by atoms with Crippen LogP contribution in [0.25, 0.3) is 0 Å². The zero-order valence-corrected chi connectivity index (χ0v) is 10.9. The Balaban J connectivity index is 2.19. The first kappa shape index (κ1) is 11.7. The van der Waals surface area contributed by atoms with Gasteiger partial charge in [-0.05, 0) is 35.9 Å². The second kappa shape index (κ2) is 4.62. The third-order valence-corrected chi connectivity index (χ3v) is 2.50. The quantitative estimate of drug-likeness (QED) is 0.912. The number of tetrazole rings is 1. The maximum absolute atomic E-state index is 11.9. The Labute approximate surface area is 106 Å². The summed E-state index contributed by atoms with van der Waals surface area (Å²) in [6, 6.07) is 5.45. The number of anilines is 1. The molecule has 1 aromatic carbocycles. The zero-order valence-electron chi connectivity index (χ0n) is 9.31. The van der Waals surface area contributed by atoms with Crippen molar-refractivity contribution in [3.8, 4) is 0 Å². The number of halogens is 1. The second-order valence-corrected chi connectivity index (χ2v) is 4.49. The summed E-state index contributed by atoms with van der Waals surface area (Å²) in [5, 5.41) is 13.8. The number of hydrogen-bond donors (Lipinski definition) is 1. The van der Waals surface area contributed by atoms with E-state index < -0.39 is 0 Å². The molecule has 0 atom stereocenters. The normalized spacial score (nSPS) is 10.3. The molecule has 6 nitrogen and oxygen atoms in total. The van der Waals surface area contributed by atoms with Crippen LogP contribution in [0.2, 0.25) is 0 Å². The molecule has 0 spiro atoms. The average Bonchev–Trinajstić information content (AvgIpc) is 2.62. The number of rotatable bonds is 2. The molecule has 2 aromatic rings. The van der Waals surface area contributed by atoms with Crippen LogP contribution >= 0.6 is 15.9 Å². The fraction of sp³-hybridized carbons (Fsp3) is 0.200. The zero-order chi connectivity index (χ0) is 12.4. The third-order valence-electron chi connectivity index (χ3n) is 2.04. The molecule has 1 heterocycles. The van der Waals surface area contributed by atoms with Gasteiger partial charge in [0.25, 0.3) is 11.9 Å². The summed E-state index contributed by atoms with van der Waals surface area (Å²) in [7, 11) is 1.63. The van der Waals surface area contributed by atoms with Gasteiger partial charge < -0.3 is 0 Å². The molecule has 7 heteroatoms. The van der Waals surface area contributed by atoms with Crippen molar-refractivity contribution in [2.24, 2.45) is 7.05 Å². The van der Waals surface area contributed by atoms with Gasteiger partial charge >= 0.3 is 0 Å². The summed E-state index contributed by atoms with van der Waals surface area (Å²) in [6.45, 7) is 1.92. The molecular formula is C10H10BrN5O. The van der Waals surface area contributed by atoms with E-state index in [0.29, 0.717) is 5.56 Å². The lowest BCUT2D eigenvalue weighted by Gasteiger charge is -2.03. The van der Waals surface area contributed by atoms with Crippen LogP contribution in [-0.4, -0.2) is 26.1 Å². The Bertz CT molecular complexity index is 545. The number of aromatic nitrogens is 4. The van der Waals surface area contributed by atoms with Gasteiger partial charge in [-0.1, -0.05) is 21.0 Å². The molecule has 17 heavy (non-hydrogen) atoms. The number of carbonyl (C=O) groups excluding carboxylic acids is 1. The molecule has 2 rings (SSSR count). The third kappa shape index (κ3) is 2.88. The van der Waals surface area contributed by atoms with Crippen molar-refractivity contribution in [3.63, 3.8) is 0 Å². The van der Waals surface area contributed by atoms with Gasteiger partial charge in [0, 0.05) is 10.0 Å². The molecule has 0 fully saturated rings. The lowest BCUT2D eigenvalue weighted by atomic mass is 10.1. The standard InChI is InChI=1S/C10H10BrN5O/c1-6-3-7(5-8(11)4-6)9(17)12-10-13-15-16(2)14-10/h3-5H,1-2H3,(H,12,14,17). The van der Waals surface area contributed by atoms with E-state index in [1.807, 2.05) is 13.0 Å². The number of benzene rings is 1. The summed E-state index contributed by atoms with van der Waals surface area (Å²) >= 11 is 3.34. The van der Waals surface area contributed by atoms with E-state index in [9.17, 15) is 4.79 Å². The summed E-state index contributed by atoms with van der Waals surface area (Å²) in [5.41, 5.74) is 1.54. The number of nitrogens with one attached hydrogen (secondary N) is 1. The molecule has 1 aromatic heterocycles. The summed E-state index contributed by atoms with van der Waals surface area (Å²) < 4.78 is 0.856. The maximum Gasteiger partial charge on any atom is 0.270 e. The van der Waals surface area contributed by atoms with Crippen LogP contribution in [0.1, 0.15) is 15.9 Å². The first-order valence-corrected chi connectivity index (χ1v) is 5.66. The van der Waals surface area contributed by atoms with Crippen LogP contribution < -0.4 is 5.32 Å². The van der Waals surface area contributed by atoms with Crippen molar-refractivity contribution < 1.29 is 4.79 Å². The van der Waals surface area contributed by atoms with Crippen molar-refractivity contribution in [2.75, 3.05) is 5.32 Å². The average molecular weight is 296 g/mol. The van der Waals surface area contributed by atoms with E-state index in [2.05, 4.69) is 36.7 Å². The van der Waals surface area contributed by atoms with Crippen LogP contribution in [0.3, 0.4) is 0 Å². The Kier molecular flexibility index (Phi) is 3.19. The topological polar surface area (TPSA) is 72.7 Å². The molecule has 0 aliphatic rings. The highest BCUT2D eigenvalue weighted by molar-refractivity contribution is 9.10. The Hall–Kier alpha value is -1.76. The largest absolute Gasteiger partial charge is 0.288 e. The van der Waals surface area contributed by atoms with Gasteiger partial charge in [0.2, 0.25) is 0 Å². The number of carbonyl (C=O) groups is 1. The van der Waals surface area contributed by atoms with E-state index in [4.69, 9.17) is 0 Å². The van der Waals surface area contributed by atoms with Gasteiger partial charge in [-0.2, -0.15) is 4.80 Å².